The van der Waals surface area contributed by atoms with Crippen molar-refractivity contribution in [2.45, 2.75) is 71.8 Å². The Hall–Kier alpha value is -0.0400. The van der Waals surface area contributed by atoms with Crippen LogP contribution in [0, 0.1) is 11.3 Å². The average molecular weight is 197 g/mol. The van der Waals surface area contributed by atoms with Gasteiger partial charge in [-0.2, -0.15) is 0 Å². The molecule has 14 heavy (non-hydrogen) atoms. The Morgan fingerprint density at radius 1 is 1.14 bits per heavy atom. The van der Waals surface area contributed by atoms with Crippen LogP contribution in [-0.4, -0.2) is 5.54 Å². The van der Waals surface area contributed by atoms with Gasteiger partial charge in [0.25, 0.3) is 0 Å². The predicted octanol–water partition coefficient (Wildman–Crippen LogP) is 3.72. The van der Waals surface area contributed by atoms with Gasteiger partial charge in [-0.05, 0) is 43.4 Å². The lowest BCUT2D eigenvalue weighted by Gasteiger charge is -2.44. The molecule has 0 aromatic heterocycles. The van der Waals surface area contributed by atoms with Gasteiger partial charge in [0, 0.05) is 5.54 Å². The highest BCUT2D eigenvalue weighted by atomic mass is 14.8. The molecule has 0 spiro atoms. The molecule has 0 aromatic carbocycles. The van der Waals surface area contributed by atoms with Crippen LogP contribution >= 0.6 is 0 Å². The smallest absolute Gasteiger partial charge is 0.0180 e. The van der Waals surface area contributed by atoms with E-state index in [2.05, 4.69) is 27.7 Å². The zero-order chi connectivity index (χ0) is 10.8. The molecule has 1 aliphatic rings. The van der Waals surface area contributed by atoms with Crippen molar-refractivity contribution in [3.8, 4) is 0 Å². The lowest BCUT2D eigenvalue weighted by atomic mass is 9.65. The van der Waals surface area contributed by atoms with Gasteiger partial charge in [0.1, 0.15) is 0 Å². The summed E-state index contributed by atoms with van der Waals surface area (Å²) in [6, 6.07) is 0. The highest BCUT2D eigenvalue weighted by Gasteiger charge is 2.38. The molecule has 1 saturated carbocycles. The number of hydrogen-bond acceptors (Lipinski definition) is 1. The fourth-order valence-corrected chi connectivity index (χ4v) is 2.61. The Balaban J connectivity index is 2.52. The predicted molar refractivity (Wildman–Crippen MR) is 63.2 cm³/mol. The van der Waals surface area contributed by atoms with Crippen LogP contribution in [0.4, 0.5) is 0 Å². The molecule has 0 aliphatic heterocycles. The third-order valence-electron chi connectivity index (χ3n) is 4.24. The third-order valence-corrected chi connectivity index (χ3v) is 4.24. The maximum absolute atomic E-state index is 6.51. The third kappa shape index (κ3) is 2.73. The van der Waals surface area contributed by atoms with Gasteiger partial charge in [-0.1, -0.05) is 34.1 Å². The molecule has 1 rings (SSSR count). The SMILES string of the molecule is CCCC(C)C1(N)CCC(C)(C)CC1. The quantitative estimate of drug-likeness (QED) is 0.733. The minimum Gasteiger partial charge on any atom is -0.325 e. The van der Waals surface area contributed by atoms with E-state index in [4.69, 9.17) is 5.73 Å². The van der Waals surface area contributed by atoms with E-state index >= 15 is 0 Å². The molecule has 1 unspecified atom stereocenters. The van der Waals surface area contributed by atoms with E-state index in [1.165, 1.54) is 38.5 Å². The Morgan fingerprint density at radius 3 is 2.07 bits per heavy atom. The molecule has 1 nitrogen and oxygen atoms in total. The van der Waals surface area contributed by atoms with Crippen molar-refractivity contribution < 1.29 is 0 Å². The van der Waals surface area contributed by atoms with Gasteiger partial charge in [0.05, 0.1) is 0 Å². The summed E-state index contributed by atoms with van der Waals surface area (Å²) in [4.78, 5) is 0. The minimum absolute atomic E-state index is 0.144. The lowest BCUT2D eigenvalue weighted by molar-refractivity contribution is 0.119. The first kappa shape index (κ1) is 12.0. The van der Waals surface area contributed by atoms with Crippen molar-refractivity contribution in [3.05, 3.63) is 0 Å². The second kappa shape index (κ2) is 4.22. The van der Waals surface area contributed by atoms with Gasteiger partial charge in [0.2, 0.25) is 0 Å². The Kier molecular flexibility index (Phi) is 3.63. The molecule has 2 N–H and O–H groups in total. The van der Waals surface area contributed by atoms with E-state index in [0.717, 1.165) is 0 Å². The van der Waals surface area contributed by atoms with Crippen LogP contribution in [0.15, 0.2) is 0 Å². The van der Waals surface area contributed by atoms with Crippen LogP contribution < -0.4 is 5.73 Å². The lowest BCUT2D eigenvalue weighted by Crippen LogP contribution is -2.50. The summed E-state index contributed by atoms with van der Waals surface area (Å²) in [5, 5.41) is 0. The van der Waals surface area contributed by atoms with E-state index in [0.29, 0.717) is 11.3 Å². The minimum atomic E-state index is 0.144. The van der Waals surface area contributed by atoms with Crippen molar-refractivity contribution in [3.63, 3.8) is 0 Å². The number of rotatable bonds is 3. The molecule has 1 aliphatic carbocycles. The van der Waals surface area contributed by atoms with Gasteiger partial charge in [-0.15, -0.1) is 0 Å². The monoisotopic (exact) mass is 197 g/mol. The number of hydrogen-bond donors (Lipinski definition) is 1. The molecule has 84 valence electrons. The van der Waals surface area contributed by atoms with Gasteiger partial charge in [-0.25, -0.2) is 0 Å². The van der Waals surface area contributed by atoms with E-state index in [9.17, 15) is 0 Å². The van der Waals surface area contributed by atoms with Crippen LogP contribution in [0.5, 0.6) is 0 Å². The molecule has 1 fully saturated rings. The summed E-state index contributed by atoms with van der Waals surface area (Å²) in [5.41, 5.74) is 7.19. The zero-order valence-corrected chi connectivity index (χ0v) is 10.4. The highest BCUT2D eigenvalue weighted by molar-refractivity contribution is 4.95. The topological polar surface area (TPSA) is 26.0 Å². The summed E-state index contributed by atoms with van der Waals surface area (Å²) in [6.07, 6.45) is 7.61. The summed E-state index contributed by atoms with van der Waals surface area (Å²) in [6.45, 7) is 9.34. The standard InChI is InChI=1S/C13H27N/c1-5-6-11(2)13(14)9-7-12(3,4)8-10-13/h11H,5-10,14H2,1-4H3. The summed E-state index contributed by atoms with van der Waals surface area (Å²) < 4.78 is 0. The molecule has 0 radical (unpaired) electrons. The molecule has 0 bridgehead atoms. The second-order valence-electron chi connectivity index (χ2n) is 6.09. The summed E-state index contributed by atoms with van der Waals surface area (Å²) in [5.74, 6) is 0.698. The van der Waals surface area contributed by atoms with Crippen LogP contribution in [0.25, 0.3) is 0 Å². The van der Waals surface area contributed by atoms with Crippen LogP contribution in [0.2, 0.25) is 0 Å². The second-order valence-corrected chi connectivity index (χ2v) is 6.09. The van der Waals surface area contributed by atoms with Crippen LogP contribution in [0.3, 0.4) is 0 Å². The molecule has 0 heterocycles. The fourth-order valence-electron chi connectivity index (χ4n) is 2.61. The molecule has 0 amide bonds. The Bertz CT molecular complexity index is 174. The van der Waals surface area contributed by atoms with Gasteiger partial charge in [0.15, 0.2) is 0 Å². The molecule has 0 saturated heterocycles. The molecular weight excluding hydrogens is 170 g/mol. The highest BCUT2D eigenvalue weighted by Crippen LogP contribution is 2.42. The van der Waals surface area contributed by atoms with Crippen LogP contribution in [-0.2, 0) is 0 Å². The fraction of sp³-hybridized carbons (Fsp3) is 1.00. The van der Waals surface area contributed by atoms with E-state index in [1.54, 1.807) is 0 Å². The van der Waals surface area contributed by atoms with E-state index in [1.807, 2.05) is 0 Å². The van der Waals surface area contributed by atoms with E-state index in [-0.39, 0.29) is 5.54 Å². The Labute approximate surface area is 89.5 Å². The zero-order valence-electron chi connectivity index (χ0n) is 10.4. The average Bonchev–Trinajstić information content (AvgIpc) is 2.11. The summed E-state index contributed by atoms with van der Waals surface area (Å²) in [7, 11) is 0. The van der Waals surface area contributed by atoms with Gasteiger partial charge < -0.3 is 5.73 Å². The Morgan fingerprint density at radius 2 is 1.64 bits per heavy atom. The van der Waals surface area contributed by atoms with Crippen LogP contribution in [0.1, 0.15) is 66.2 Å². The van der Waals surface area contributed by atoms with Crippen molar-refractivity contribution >= 4 is 0 Å². The number of nitrogens with two attached hydrogens (primary N) is 1. The normalized spacial score (nSPS) is 27.2. The van der Waals surface area contributed by atoms with E-state index < -0.39 is 0 Å². The van der Waals surface area contributed by atoms with Crippen molar-refractivity contribution in [2.75, 3.05) is 0 Å². The first-order valence-corrected chi connectivity index (χ1v) is 6.18. The summed E-state index contributed by atoms with van der Waals surface area (Å²) >= 11 is 0. The maximum atomic E-state index is 6.51. The largest absolute Gasteiger partial charge is 0.325 e. The van der Waals surface area contributed by atoms with Gasteiger partial charge >= 0.3 is 0 Å². The maximum Gasteiger partial charge on any atom is 0.0180 e. The van der Waals surface area contributed by atoms with Crippen molar-refractivity contribution in [1.82, 2.24) is 0 Å². The molecule has 0 aromatic rings. The molecule has 1 atom stereocenters. The van der Waals surface area contributed by atoms with Crippen molar-refractivity contribution in [2.24, 2.45) is 17.1 Å². The molecular formula is C13H27N. The van der Waals surface area contributed by atoms with Gasteiger partial charge in [-0.3, -0.25) is 0 Å². The first-order chi connectivity index (χ1) is 6.40. The molecule has 1 heteroatoms. The van der Waals surface area contributed by atoms with Crippen molar-refractivity contribution in [1.29, 1.82) is 0 Å². The first-order valence-electron chi connectivity index (χ1n) is 6.18.